The van der Waals surface area contributed by atoms with E-state index < -0.39 is 0 Å². The maximum atomic E-state index is 11.5. The van der Waals surface area contributed by atoms with E-state index in [0.29, 0.717) is 5.92 Å². The molecule has 1 aliphatic rings. The van der Waals surface area contributed by atoms with Crippen LogP contribution in [0.3, 0.4) is 0 Å². The maximum absolute atomic E-state index is 11.5. The van der Waals surface area contributed by atoms with E-state index >= 15 is 0 Å². The molecule has 1 fully saturated rings. The van der Waals surface area contributed by atoms with E-state index in [-0.39, 0.29) is 6.03 Å². The highest BCUT2D eigenvalue weighted by Gasteiger charge is 2.21. The number of carbonyl (C=O) groups is 1. The molecule has 0 aromatic heterocycles. The normalized spacial score (nSPS) is 16.1. The van der Waals surface area contributed by atoms with Crippen molar-refractivity contribution in [3.8, 4) is 0 Å². The Bertz CT molecular complexity index is 385. The fraction of sp³-hybridized carbons (Fsp3) is 0.462. The lowest BCUT2D eigenvalue weighted by Crippen LogP contribution is -2.38. The highest BCUT2D eigenvalue weighted by atomic mass is 79.9. The first-order chi connectivity index (χ1) is 8.16. The average Bonchev–Trinajstić information content (AvgIpc) is 2.80. The summed E-state index contributed by atoms with van der Waals surface area (Å²) in [4.78, 5) is 13.2. The van der Waals surface area contributed by atoms with Crippen LogP contribution in [0.15, 0.2) is 28.7 Å². The van der Waals surface area contributed by atoms with Gasteiger partial charge in [-0.25, -0.2) is 4.79 Å². The largest absolute Gasteiger partial charge is 0.351 e. The molecule has 0 unspecified atom stereocenters. The summed E-state index contributed by atoms with van der Waals surface area (Å²) in [5, 5.41) is 0. The van der Waals surface area contributed by atoms with Crippen molar-refractivity contribution in [3.05, 3.63) is 28.7 Å². The van der Waals surface area contributed by atoms with Crippen molar-refractivity contribution in [2.45, 2.75) is 25.7 Å². The van der Waals surface area contributed by atoms with Crippen molar-refractivity contribution in [1.29, 1.82) is 0 Å². The fourth-order valence-electron chi connectivity index (χ4n) is 2.39. The van der Waals surface area contributed by atoms with Crippen molar-refractivity contribution in [2.24, 2.45) is 11.7 Å². The van der Waals surface area contributed by atoms with Crippen molar-refractivity contribution in [3.63, 3.8) is 0 Å². The Morgan fingerprint density at radius 1 is 1.29 bits per heavy atom. The van der Waals surface area contributed by atoms with Crippen LogP contribution in [-0.2, 0) is 0 Å². The van der Waals surface area contributed by atoms with Crippen LogP contribution >= 0.6 is 15.9 Å². The number of hydrogen-bond acceptors (Lipinski definition) is 1. The van der Waals surface area contributed by atoms with Crippen molar-refractivity contribution in [1.82, 2.24) is 0 Å². The molecule has 0 heterocycles. The number of urea groups is 1. The molecule has 0 aliphatic heterocycles. The molecule has 0 atom stereocenters. The second kappa shape index (κ2) is 5.54. The Hall–Kier alpha value is -1.03. The molecule has 1 aromatic rings. The molecule has 2 amide bonds. The zero-order chi connectivity index (χ0) is 12.3. The maximum Gasteiger partial charge on any atom is 0.319 e. The molecule has 0 spiro atoms. The topological polar surface area (TPSA) is 46.3 Å². The summed E-state index contributed by atoms with van der Waals surface area (Å²) in [6.45, 7) is 0.747. The minimum Gasteiger partial charge on any atom is -0.351 e. The van der Waals surface area contributed by atoms with Gasteiger partial charge in [-0.1, -0.05) is 28.8 Å². The Labute approximate surface area is 110 Å². The lowest BCUT2D eigenvalue weighted by Gasteiger charge is -2.23. The second-order valence-corrected chi connectivity index (χ2v) is 5.49. The van der Waals surface area contributed by atoms with Gasteiger partial charge >= 0.3 is 6.03 Å². The smallest absolute Gasteiger partial charge is 0.319 e. The van der Waals surface area contributed by atoms with Gasteiger partial charge in [0, 0.05) is 16.7 Å². The summed E-state index contributed by atoms with van der Waals surface area (Å²) in [7, 11) is 0. The third-order valence-electron chi connectivity index (χ3n) is 3.32. The van der Waals surface area contributed by atoms with Crippen molar-refractivity contribution in [2.75, 3.05) is 11.4 Å². The summed E-state index contributed by atoms with van der Waals surface area (Å²) >= 11 is 3.39. The van der Waals surface area contributed by atoms with Gasteiger partial charge in [-0.05, 0) is 43.0 Å². The van der Waals surface area contributed by atoms with Gasteiger partial charge in [0.2, 0.25) is 0 Å². The SMILES string of the molecule is NC(=O)N(CC1CCCC1)c1ccc(Br)cc1. The molecule has 92 valence electrons. The van der Waals surface area contributed by atoms with Gasteiger partial charge in [0.1, 0.15) is 0 Å². The Kier molecular flexibility index (Phi) is 4.05. The van der Waals surface area contributed by atoms with E-state index in [0.717, 1.165) is 16.7 Å². The number of nitrogens with two attached hydrogens (primary N) is 1. The second-order valence-electron chi connectivity index (χ2n) is 4.58. The molecule has 2 rings (SSSR count). The fourth-order valence-corrected chi connectivity index (χ4v) is 2.66. The lowest BCUT2D eigenvalue weighted by atomic mass is 10.1. The number of carbonyl (C=O) groups excluding carboxylic acids is 1. The van der Waals surface area contributed by atoms with Crippen LogP contribution in [0.5, 0.6) is 0 Å². The predicted molar refractivity (Wildman–Crippen MR) is 73.0 cm³/mol. The molecule has 1 aliphatic carbocycles. The van der Waals surface area contributed by atoms with E-state index in [1.165, 1.54) is 25.7 Å². The number of primary amides is 1. The Morgan fingerprint density at radius 3 is 2.41 bits per heavy atom. The van der Waals surface area contributed by atoms with E-state index in [2.05, 4.69) is 15.9 Å². The number of rotatable bonds is 3. The minimum atomic E-state index is -0.362. The quantitative estimate of drug-likeness (QED) is 0.911. The van der Waals surface area contributed by atoms with Crippen LogP contribution in [0.2, 0.25) is 0 Å². The molecule has 17 heavy (non-hydrogen) atoms. The summed E-state index contributed by atoms with van der Waals surface area (Å²) < 4.78 is 1.01. The highest BCUT2D eigenvalue weighted by Crippen LogP contribution is 2.27. The van der Waals surface area contributed by atoms with E-state index in [9.17, 15) is 4.79 Å². The van der Waals surface area contributed by atoms with Gasteiger partial charge < -0.3 is 5.73 Å². The Balaban J connectivity index is 2.10. The number of amides is 2. The van der Waals surface area contributed by atoms with Crippen LogP contribution in [-0.4, -0.2) is 12.6 Å². The molecular formula is C13H17BrN2O. The van der Waals surface area contributed by atoms with Crippen molar-refractivity contribution >= 4 is 27.6 Å². The van der Waals surface area contributed by atoms with Crippen molar-refractivity contribution < 1.29 is 4.79 Å². The number of nitrogens with zero attached hydrogens (tertiary/aromatic N) is 1. The molecule has 2 N–H and O–H groups in total. The third-order valence-corrected chi connectivity index (χ3v) is 3.85. The van der Waals surface area contributed by atoms with Crippen LogP contribution in [0.4, 0.5) is 10.5 Å². The zero-order valence-corrected chi connectivity index (χ0v) is 11.3. The van der Waals surface area contributed by atoms with E-state index in [4.69, 9.17) is 5.73 Å². The van der Waals surface area contributed by atoms with Gasteiger partial charge in [-0.3, -0.25) is 4.90 Å². The summed E-state index contributed by atoms with van der Waals surface area (Å²) in [6, 6.07) is 7.34. The van der Waals surface area contributed by atoms with E-state index in [1.807, 2.05) is 24.3 Å². The first-order valence-corrected chi connectivity index (χ1v) is 6.78. The molecule has 1 aromatic carbocycles. The van der Waals surface area contributed by atoms with Gasteiger partial charge in [0.15, 0.2) is 0 Å². The number of anilines is 1. The molecule has 4 heteroatoms. The summed E-state index contributed by atoms with van der Waals surface area (Å²) in [5.41, 5.74) is 6.34. The highest BCUT2D eigenvalue weighted by molar-refractivity contribution is 9.10. The number of benzene rings is 1. The first-order valence-electron chi connectivity index (χ1n) is 5.99. The molecule has 1 saturated carbocycles. The molecular weight excluding hydrogens is 280 g/mol. The first kappa shape index (κ1) is 12.4. The third kappa shape index (κ3) is 3.22. The minimum absolute atomic E-state index is 0.362. The zero-order valence-electron chi connectivity index (χ0n) is 9.73. The summed E-state index contributed by atoms with van der Waals surface area (Å²) in [6.07, 6.45) is 4.97. The van der Waals surface area contributed by atoms with Gasteiger partial charge in [-0.2, -0.15) is 0 Å². The van der Waals surface area contributed by atoms with Gasteiger partial charge in [0.25, 0.3) is 0 Å². The molecule has 0 radical (unpaired) electrons. The summed E-state index contributed by atoms with van der Waals surface area (Å²) in [5.74, 6) is 0.603. The lowest BCUT2D eigenvalue weighted by molar-refractivity contribution is 0.252. The Morgan fingerprint density at radius 2 is 1.88 bits per heavy atom. The molecule has 3 nitrogen and oxygen atoms in total. The number of hydrogen-bond donors (Lipinski definition) is 1. The van der Waals surface area contributed by atoms with Crippen LogP contribution in [0, 0.1) is 5.92 Å². The van der Waals surface area contributed by atoms with Gasteiger partial charge in [0.05, 0.1) is 0 Å². The monoisotopic (exact) mass is 296 g/mol. The van der Waals surface area contributed by atoms with Gasteiger partial charge in [-0.15, -0.1) is 0 Å². The van der Waals surface area contributed by atoms with Crippen LogP contribution < -0.4 is 10.6 Å². The van der Waals surface area contributed by atoms with E-state index in [1.54, 1.807) is 4.90 Å². The molecule has 0 bridgehead atoms. The predicted octanol–water partition coefficient (Wildman–Crippen LogP) is 3.52. The standard InChI is InChI=1S/C13H17BrN2O/c14-11-5-7-12(8-6-11)16(13(15)17)9-10-3-1-2-4-10/h5-8,10H,1-4,9H2,(H2,15,17). The molecule has 0 saturated heterocycles. The van der Waals surface area contributed by atoms with Crippen LogP contribution in [0.25, 0.3) is 0 Å². The average molecular weight is 297 g/mol. The number of halogens is 1. The van der Waals surface area contributed by atoms with Crippen LogP contribution in [0.1, 0.15) is 25.7 Å².